The predicted octanol–water partition coefficient (Wildman–Crippen LogP) is 1.75. The maximum absolute atomic E-state index is 5.88. The summed E-state index contributed by atoms with van der Waals surface area (Å²) in [4.78, 5) is 2.37. The molecule has 2 heterocycles. The third kappa shape index (κ3) is 1.25. The number of aromatic nitrogens is 1. The largest absolute Gasteiger partial charge is 0.399 e. The molecule has 0 bridgehead atoms. The number of fused-ring (bicyclic) bond motifs is 3. The number of nitrogens with two attached hydrogens (primary N) is 1. The van der Waals surface area contributed by atoms with Crippen LogP contribution in [-0.4, -0.2) is 23.1 Å². The lowest BCUT2D eigenvalue weighted by Crippen LogP contribution is -2.26. The van der Waals surface area contributed by atoms with E-state index >= 15 is 0 Å². The highest BCUT2D eigenvalue weighted by atomic mass is 15.1. The van der Waals surface area contributed by atoms with E-state index in [4.69, 9.17) is 5.73 Å². The van der Waals surface area contributed by atoms with Crippen LogP contribution in [-0.2, 0) is 20.0 Å². The highest BCUT2D eigenvalue weighted by Crippen LogP contribution is 2.30. The van der Waals surface area contributed by atoms with Crippen molar-refractivity contribution in [2.75, 3.05) is 19.3 Å². The fourth-order valence-corrected chi connectivity index (χ4v) is 2.73. The minimum absolute atomic E-state index is 0.856. The van der Waals surface area contributed by atoms with E-state index in [-0.39, 0.29) is 0 Å². The van der Waals surface area contributed by atoms with E-state index in [0.717, 1.165) is 25.2 Å². The Labute approximate surface area is 95.5 Å². The van der Waals surface area contributed by atoms with Crippen LogP contribution in [0.15, 0.2) is 18.2 Å². The molecule has 0 saturated heterocycles. The molecule has 2 N–H and O–H groups in total. The summed E-state index contributed by atoms with van der Waals surface area (Å²) in [6, 6.07) is 6.22. The van der Waals surface area contributed by atoms with Crippen molar-refractivity contribution in [3.8, 4) is 0 Å². The molecule has 84 valence electrons. The molecule has 2 aromatic rings. The monoisotopic (exact) mass is 215 g/mol. The highest BCUT2D eigenvalue weighted by Gasteiger charge is 2.20. The number of likely N-dealkylation sites (N-methyl/N-ethyl adjacent to an activating group) is 1. The molecule has 3 nitrogen and oxygen atoms in total. The van der Waals surface area contributed by atoms with Crippen LogP contribution in [0.25, 0.3) is 10.9 Å². The van der Waals surface area contributed by atoms with E-state index in [2.05, 4.69) is 35.7 Å². The molecule has 0 amide bonds. The second-order valence-corrected chi connectivity index (χ2v) is 4.75. The van der Waals surface area contributed by atoms with Crippen molar-refractivity contribution in [1.29, 1.82) is 0 Å². The molecule has 3 rings (SSSR count). The number of rotatable bonds is 0. The Balaban J connectivity index is 2.33. The van der Waals surface area contributed by atoms with Crippen LogP contribution in [0.5, 0.6) is 0 Å². The van der Waals surface area contributed by atoms with Gasteiger partial charge in [0.15, 0.2) is 0 Å². The summed E-state index contributed by atoms with van der Waals surface area (Å²) in [5.74, 6) is 0. The van der Waals surface area contributed by atoms with Crippen LogP contribution < -0.4 is 5.73 Å². The van der Waals surface area contributed by atoms with Gasteiger partial charge in [-0.3, -0.25) is 0 Å². The summed E-state index contributed by atoms with van der Waals surface area (Å²) in [6.45, 7) is 2.18. The van der Waals surface area contributed by atoms with Crippen LogP contribution in [0, 0.1) is 0 Å². The van der Waals surface area contributed by atoms with Crippen LogP contribution in [0.2, 0.25) is 0 Å². The van der Waals surface area contributed by atoms with Crippen LogP contribution >= 0.6 is 0 Å². The SMILES string of the molecule is CN1CCc2c(c3cc(N)ccc3n2C)C1. The topological polar surface area (TPSA) is 34.2 Å². The fourth-order valence-electron chi connectivity index (χ4n) is 2.73. The van der Waals surface area contributed by atoms with Gasteiger partial charge in [0.05, 0.1) is 0 Å². The number of nitrogen functional groups attached to an aromatic ring is 1. The summed E-state index contributed by atoms with van der Waals surface area (Å²) in [5.41, 5.74) is 11.0. The first-order chi connectivity index (χ1) is 7.66. The fraction of sp³-hybridized carbons (Fsp3) is 0.385. The highest BCUT2D eigenvalue weighted by molar-refractivity contribution is 5.88. The van der Waals surface area contributed by atoms with E-state index in [1.807, 2.05) is 6.07 Å². The molecule has 16 heavy (non-hydrogen) atoms. The molecule has 1 aromatic heterocycles. The van der Waals surface area contributed by atoms with Gasteiger partial charge in [-0.15, -0.1) is 0 Å². The molecule has 0 fully saturated rings. The van der Waals surface area contributed by atoms with Gasteiger partial charge in [0.2, 0.25) is 0 Å². The molecule has 3 heteroatoms. The first-order valence-electron chi connectivity index (χ1n) is 5.71. The van der Waals surface area contributed by atoms with Crippen LogP contribution in [0.1, 0.15) is 11.3 Å². The van der Waals surface area contributed by atoms with E-state index in [1.165, 1.54) is 22.2 Å². The van der Waals surface area contributed by atoms with Crippen molar-refractivity contribution >= 4 is 16.6 Å². The molecular formula is C13H17N3. The van der Waals surface area contributed by atoms with E-state index < -0.39 is 0 Å². The Bertz CT molecular complexity index is 554. The second-order valence-electron chi connectivity index (χ2n) is 4.75. The molecule has 0 spiro atoms. The Morgan fingerprint density at radius 2 is 2.06 bits per heavy atom. The second kappa shape index (κ2) is 3.25. The summed E-state index contributed by atoms with van der Waals surface area (Å²) in [7, 11) is 4.33. The van der Waals surface area contributed by atoms with Gasteiger partial charge in [-0.05, 0) is 30.8 Å². The summed E-state index contributed by atoms with van der Waals surface area (Å²) >= 11 is 0. The number of anilines is 1. The lowest BCUT2D eigenvalue weighted by atomic mass is 10.0. The zero-order chi connectivity index (χ0) is 11.3. The standard InChI is InChI=1S/C13H17N3/c1-15-6-5-13-11(8-15)10-7-9(14)3-4-12(10)16(13)2/h3-4,7H,5-6,8,14H2,1-2H3. The Kier molecular flexibility index (Phi) is 1.98. The molecular weight excluding hydrogens is 198 g/mol. The predicted molar refractivity (Wildman–Crippen MR) is 67.4 cm³/mol. The van der Waals surface area contributed by atoms with Gasteiger partial charge in [-0.1, -0.05) is 0 Å². The normalized spacial score (nSPS) is 16.6. The summed E-state index contributed by atoms with van der Waals surface area (Å²) in [6.07, 6.45) is 1.14. The third-order valence-corrected chi connectivity index (χ3v) is 3.62. The molecule has 0 saturated carbocycles. The van der Waals surface area contributed by atoms with Gasteiger partial charge in [0.25, 0.3) is 0 Å². The molecule has 1 aliphatic rings. The number of benzene rings is 1. The van der Waals surface area contributed by atoms with Gasteiger partial charge in [-0.2, -0.15) is 0 Å². The van der Waals surface area contributed by atoms with Gasteiger partial charge in [0.1, 0.15) is 0 Å². The van der Waals surface area contributed by atoms with Crippen LogP contribution in [0.4, 0.5) is 5.69 Å². The molecule has 0 aliphatic carbocycles. The smallest absolute Gasteiger partial charge is 0.0484 e. The lowest BCUT2D eigenvalue weighted by molar-refractivity contribution is 0.310. The Hall–Kier alpha value is -1.48. The molecule has 1 aliphatic heterocycles. The Morgan fingerprint density at radius 3 is 2.88 bits per heavy atom. The number of aryl methyl sites for hydroxylation is 1. The van der Waals surface area contributed by atoms with Crippen molar-refractivity contribution < 1.29 is 0 Å². The van der Waals surface area contributed by atoms with E-state index in [0.29, 0.717) is 0 Å². The van der Waals surface area contributed by atoms with Gasteiger partial charge in [0, 0.05) is 48.8 Å². The molecule has 0 atom stereocenters. The van der Waals surface area contributed by atoms with Gasteiger partial charge < -0.3 is 15.2 Å². The third-order valence-electron chi connectivity index (χ3n) is 3.62. The van der Waals surface area contributed by atoms with E-state index in [9.17, 15) is 0 Å². The minimum atomic E-state index is 0.856. The van der Waals surface area contributed by atoms with Crippen molar-refractivity contribution in [2.24, 2.45) is 7.05 Å². The quantitative estimate of drug-likeness (QED) is 0.679. The van der Waals surface area contributed by atoms with E-state index in [1.54, 1.807) is 0 Å². The average Bonchev–Trinajstić information content (AvgIpc) is 2.52. The van der Waals surface area contributed by atoms with Crippen molar-refractivity contribution in [3.05, 3.63) is 29.5 Å². The maximum atomic E-state index is 5.88. The Morgan fingerprint density at radius 1 is 1.25 bits per heavy atom. The zero-order valence-corrected chi connectivity index (χ0v) is 9.83. The van der Waals surface area contributed by atoms with Gasteiger partial charge >= 0.3 is 0 Å². The maximum Gasteiger partial charge on any atom is 0.0484 e. The number of nitrogens with zero attached hydrogens (tertiary/aromatic N) is 2. The first kappa shape index (κ1) is 9.73. The summed E-state index contributed by atoms with van der Waals surface area (Å²) in [5, 5.41) is 1.32. The molecule has 1 aromatic carbocycles. The molecule has 0 radical (unpaired) electrons. The molecule has 0 unspecified atom stereocenters. The van der Waals surface area contributed by atoms with Crippen molar-refractivity contribution in [3.63, 3.8) is 0 Å². The first-order valence-corrected chi connectivity index (χ1v) is 5.71. The lowest BCUT2D eigenvalue weighted by Gasteiger charge is -2.23. The van der Waals surface area contributed by atoms with Crippen molar-refractivity contribution in [2.45, 2.75) is 13.0 Å². The zero-order valence-electron chi connectivity index (χ0n) is 9.83. The average molecular weight is 215 g/mol. The number of hydrogen-bond acceptors (Lipinski definition) is 2. The van der Waals surface area contributed by atoms with Crippen LogP contribution in [0.3, 0.4) is 0 Å². The summed E-state index contributed by atoms with van der Waals surface area (Å²) < 4.78 is 2.32. The minimum Gasteiger partial charge on any atom is -0.399 e. The number of hydrogen-bond donors (Lipinski definition) is 1. The van der Waals surface area contributed by atoms with Crippen molar-refractivity contribution in [1.82, 2.24) is 9.47 Å². The van der Waals surface area contributed by atoms with Gasteiger partial charge in [-0.25, -0.2) is 0 Å².